The molecular formula is C17H32O. The second-order valence-corrected chi connectivity index (χ2v) is 5.13. The molecule has 0 radical (unpaired) electrons. The van der Waals surface area contributed by atoms with E-state index in [9.17, 15) is 5.11 Å². The van der Waals surface area contributed by atoms with Crippen LogP contribution in [0.5, 0.6) is 0 Å². The fraction of sp³-hybridized carbons (Fsp3) is 0.765. The highest BCUT2D eigenvalue weighted by atomic mass is 16.3. The van der Waals surface area contributed by atoms with Gasteiger partial charge in [0, 0.05) is 0 Å². The Morgan fingerprint density at radius 3 is 1.89 bits per heavy atom. The maximum absolute atomic E-state index is 9.21. The first-order valence-electron chi connectivity index (χ1n) is 7.78. The minimum Gasteiger partial charge on any atom is -0.385 e. The monoisotopic (exact) mass is 252 g/mol. The molecule has 18 heavy (non-hydrogen) atoms. The van der Waals surface area contributed by atoms with Gasteiger partial charge >= 0.3 is 0 Å². The molecule has 0 amide bonds. The van der Waals surface area contributed by atoms with Crippen LogP contribution in [0.1, 0.15) is 77.6 Å². The molecule has 0 spiro atoms. The smallest absolute Gasteiger partial charge is 0.0899 e. The molecule has 0 saturated carbocycles. The van der Waals surface area contributed by atoms with Gasteiger partial charge in [0.1, 0.15) is 0 Å². The van der Waals surface area contributed by atoms with Crippen LogP contribution in [0.2, 0.25) is 0 Å². The SMILES string of the molecule is C=C[C@H](O)/C=C/CCCCCCCCCCCC. The molecule has 0 bridgehead atoms. The van der Waals surface area contributed by atoms with E-state index in [0.717, 1.165) is 6.42 Å². The fourth-order valence-electron chi connectivity index (χ4n) is 2.06. The molecule has 106 valence electrons. The van der Waals surface area contributed by atoms with Gasteiger partial charge in [0.15, 0.2) is 0 Å². The molecule has 1 nitrogen and oxygen atoms in total. The summed E-state index contributed by atoms with van der Waals surface area (Å²) < 4.78 is 0. The van der Waals surface area contributed by atoms with Gasteiger partial charge in [-0.3, -0.25) is 0 Å². The molecule has 0 aromatic heterocycles. The van der Waals surface area contributed by atoms with Crippen LogP contribution in [0.3, 0.4) is 0 Å². The molecule has 1 heteroatoms. The Morgan fingerprint density at radius 2 is 1.39 bits per heavy atom. The minimum absolute atomic E-state index is 0.465. The first-order chi connectivity index (χ1) is 8.81. The van der Waals surface area contributed by atoms with E-state index in [1.807, 2.05) is 6.08 Å². The van der Waals surface area contributed by atoms with Crippen LogP contribution in [0.25, 0.3) is 0 Å². The lowest BCUT2D eigenvalue weighted by molar-refractivity contribution is 0.271. The van der Waals surface area contributed by atoms with Crippen molar-refractivity contribution in [3.8, 4) is 0 Å². The first-order valence-corrected chi connectivity index (χ1v) is 7.78. The van der Waals surface area contributed by atoms with E-state index in [0.29, 0.717) is 0 Å². The van der Waals surface area contributed by atoms with E-state index in [1.54, 1.807) is 6.08 Å². The maximum Gasteiger partial charge on any atom is 0.0899 e. The predicted octanol–water partition coefficient (Wildman–Crippen LogP) is 5.40. The number of aliphatic hydroxyl groups excluding tert-OH is 1. The summed E-state index contributed by atoms with van der Waals surface area (Å²) in [5, 5.41) is 9.21. The van der Waals surface area contributed by atoms with E-state index < -0.39 is 6.10 Å². The van der Waals surface area contributed by atoms with Crippen LogP contribution in [0.4, 0.5) is 0 Å². The Bertz CT molecular complexity index is 196. The molecule has 0 aliphatic heterocycles. The fourth-order valence-corrected chi connectivity index (χ4v) is 2.06. The average Bonchev–Trinajstić information content (AvgIpc) is 2.39. The predicted molar refractivity (Wildman–Crippen MR) is 81.8 cm³/mol. The van der Waals surface area contributed by atoms with Crippen LogP contribution in [0, 0.1) is 0 Å². The molecule has 0 fully saturated rings. The number of unbranched alkanes of at least 4 members (excludes halogenated alkanes) is 10. The van der Waals surface area contributed by atoms with E-state index in [4.69, 9.17) is 0 Å². The number of hydrogen-bond acceptors (Lipinski definition) is 1. The van der Waals surface area contributed by atoms with E-state index in [1.165, 1.54) is 64.2 Å². The topological polar surface area (TPSA) is 20.2 Å². The van der Waals surface area contributed by atoms with E-state index in [-0.39, 0.29) is 0 Å². The highest BCUT2D eigenvalue weighted by Gasteiger charge is 1.92. The highest BCUT2D eigenvalue weighted by Crippen LogP contribution is 2.11. The van der Waals surface area contributed by atoms with Crippen LogP contribution >= 0.6 is 0 Å². The molecule has 0 rings (SSSR count). The summed E-state index contributed by atoms with van der Waals surface area (Å²) >= 11 is 0. The summed E-state index contributed by atoms with van der Waals surface area (Å²) in [6.07, 6.45) is 19.8. The van der Waals surface area contributed by atoms with Crippen LogP contribution < -0.4 is 0 Å². The normalized spacial score (nSPS) is 13.0. The molecular weight excluding hydrogens is 220 g/mol. The molecule has 1 atom stereocenters. The number of rotatable bonds is 13. The van der Waals surface area contributed by atoms with Crippen molar-refractivity contribution in [1.29, 1.82) is 0 Å². The molecule has 1 N–H and O–H groups in total. The molecule has 0 aromatic carbocycles. The zero-order valence-corrected chi connectivity index (χ0v) is 12.2. The lowest BCUT2D eigenvalue weighted by Crippen LogP contribution is -1.93. The maximum atomic E-state index is 9.21. The number of allylic oxidation sites excluding steroid dienone is 1. The van der Waals surface area contributed by atoms with Crippen molar-refractivity contribution in [2.75, 3.05) is 0 Å². The summed E-state index contributed by atoms with van der Waals surface area (Å²) in [7, 11) is 0. The van der Waals surface area contributed by atoms with Crippen molar-refractivity contribution >= 4 is 0 Å². The van der Waals surface area contributed by atoms with E-state index >= 15 is 0 Å². The average molecular weight is 252 g/mol. The zero-order valence-electron chi connectivity index (χ0n) is 12.2. The van der Waals surface area contributed by atoms with Gasteiger partial charge in [-0.2, -0.15) is 0 Å². The summed E-state index contributed by atoms with van der Waals surface area (Å²) in [4.78, 5) is 0. The van der Waals surface area contributed by atoms with Gasteiger partial charge < -0.3 is 5.11 Å². The Morgan fingerprint density at radius 1 is 0.889 bits per heavy atom. The second-order valence-electron chi connectivity index (χ2n) is 5.13. The van der Waals surface area contributed by atoms with Gasteiger partial charge in [0.2, 0.25) is 0 Å². The van der Waals surface area contributed by atoms with Gasteiger partial charge in [0.25, 0.3) is 0 Å². The van der Waals surface area contributed by atoms with Crippen LogP contribution in [-0.4, -0.2) is 11.2 Å². The number of aliphatic hydroxyl groups is 1. The van der Waals surface area contributed by atoms with Gasteiger partial charge in [-0.1, -0.05) is 82.9 Å². The summed E-state index contributed by atoms with van der Waals surface area (Å²) in [6.45, 7) is 5.80. The molecule has 0 aliphatic carbocycles. The van der Waals surface area contributed by atoms with Crippen LogP contribution in [-0.2, 0) is 0 Å². The lowest BCUT2D eigenvalue weighted by atomic mass is 10.1. The molecule has 0 heterocycles. The minimum atomic E-state index is -0.465. The van der Waals surface area contributed by atoms with Crippen molar-refractivity contribution < 1.29 is 5.11 Å². The van der Waals surface area contributed by atoms with Crippen molar-refractivity contribution in [3.05, 3.63) is 24.8 Å². The Labute approximate surface area is 114 Å². The summed E-state index contributed by atoms with van der Waals surface area (Å²) in [5.41, 5.74) is 0. The quantitative estimate of drug-likeness (QED) is 0.344. The molecule has 0 saturated heterocycles. The number of hydrogen-bond donors (Lipinski definition) is 1. The van der Waals surface area contributed by atoms with Gasteiger partial charge in [-0.25, -0.2) is 0 Å². The van der Waals surface area contributed by atoms with E-state index in [2.05, 4.69) is 19.6 Å². The van der Waals surface area contributed by atoms with Crippen molar-refractivity contribution in [2.45, 2.75) is 83.7 Å². The third-order valence-corrected chi connectivity index (χ3v) is 3.30. The Kier molecular flexibility index (Phi) is 14.0. The van der Waals surface area contributed by atoms with Gasteiger partial charge in [-0.15, -0.1) is 6.58 Å². The molecule has 0 aromatic rings. The summed E-state index contributed by atoms with van der Waals surface area (Å²) in [6, 6.07) is 0. The second kappa shape index (κ2) is 14.5. The van der Waals surface area contributed by atoms with Crippen LogP contribution in [0.15, 0.2) is 24.8 Å². The van der Waals surface area contributed by atoms with Crippen molar-refractivity contribution in [3.63, 3.8) is 0 Å². The Balaban J connectivity index is 3.07. The van der Waals surface area contributed by atoms with Crippen molar-refractivity contribution in [1.82, 2.24) is 0 Å². The zero-order chi connectivity index (χ0) is 13.5. The standard InChI is InChI=1S/C17H32O/c1-3-5-6-7-8-9-10-11-12-13-14-15-16-17(18)4-2/h4,15-18H,2-3,5-14H2,1H3/b16-15+/t17-/m0/s1. The Hall–Kier alpha value is -0.560. The largest absolute Gasteiger partial charge is 0.385 e. The third kappa shape index (κ3) is 13.5. The molecule has 0 aliphatic rings. The molecule has 0 unspecified atom stereocenters. The van der Waals surface area contributed by atoms with Gasteiger partial charge in [-0.05, 0) is 12.8 Å². The highest BCUT2D eigenvalue weighted by molar-refractivity contribution is 4.97. The third-order valence-electron chi connectivity index (χ3n) is 3.30. The lowest BCUT2D eigenvalue weighted by Gasteiger charge is -2.01. The van der Waals surface area contributed by atoms with Gasteiger partial charge in [0.05, 0.1) is 6.10 Å². The van der Waals surface area contributed by atoms with Crippen molar-refractivity contribution in [2.24, 2.45) is 0 Å². The first kappa shape index (κ1) is 17.4. The summed E-state index contributed by atoms with van der Waals surface area (Å²) in [5.74, 6) is 0.